The summed E-state index contributed by atoms with van der Waals surface area (Å²) in [7, 11) is 0. The molecule has 0 saturated heterocycles. The molecule has 0 amide bonds. The summed E-state index contributed by atoms with van der Waals surface area (Å²) in [6, 6.07) is 12.1. The molecule has 11 aliphatic rings. The SMILES string of the molecule is CC.CCC1CCC(C2CCC(C(=O)Cl)CC2)CC1.[C-]#[N+]/C(C#N)=C1/Sc2c(O)cc(C)c(O)c2S1.[C-]#[N+]/C(C#N)=C1/Sc2c(OC(=O)C3CCC(C4CCC(CC)CC4)CC3)cc(C)c(OC(=O)C3CCC(C4CCC(CC)CC4)CC3)c2S1.[C-]#[N+]/C(C#N)=C1\Sc2c(O)ccc(OC(=O)C3CCC(C4CCC(CC)CC4)CC3)c2S1. The molecule has 117 heavy (non-hydrogen) atoms. The van der Waals surface area contributed by atoms with Crippen LogP contribution in [0.2, 0.25) is 0 Å². The molecule has 3 aromatic rings. The molecule has 8 aliphatic carbocycles. The number of esters is 3. The summed E-state index contributed by atoms with van der Waals surface area (Å²) >= 11 is 12.8. The largest absolute Gasteiger partial charge is 0.507 e. The summed E-state index contributed by atoms with van der Waals surface area (Å²) in [6.07, 6.45) is 43.5. The van der Waals surface area contributed by atoms with Crippen molar-refractivity contribution in [3.8, 4) is 52.7 Å². The second-order valence-corrected chi connectivity index (χ2v) is 41.4. The molecule has 0 atom stereocenters. The summed E-state index contributed by atoms with van der Waals surface area (Å²) < 4.78 is 19.7. The number of aryl methyl sites for hydroxylation is 2. The van der Waals surface area contributed by atoms with Crippen LogP contribution >= 0.6 is 82.2 Å². The Kier molecular flexibility index (Phi) is 36.2. The van der Waals surface area contributed by atoms with Gasteiger partial charge in [-0.15, -0.1) is 0 Å². The Morgan fingerprint density at radius 2 is 0.667 bits per heavy atom. The number of allylic oxidation sites excluding steroid dienone is 3. The topological polar surface area (TPSA) is 241 Å². The highest BCUT2D eigenvalue weighted by Crippen LogP contribution is 2.63. The summed E-state index contributed by atoms with van der Waals surface area (Å²) in [6.45, 7) is 38.4. The number of phenols is 3. The Morgan fingerprint density at radius 1 is 0.385 bits per heavy atom. The predicted octanol–water partition coefficient (Wildman–Crippen LogP) is 27.8. The van der Waals surface area contributed by atoms with Gasteiger partial charge in [-0.05, 0) is 286 Å². The van der Waals surface area contributed by atoms with Crippen LogP contribution < -0.4 is 14.2 Å². The van der Waals surface area contributed by atoms with Gasteiger partial charge in [-0.1, -0.05) is 189 Å². The van der Waals surface area contributed by atoms with E-state index in [-0.39, 0.29) is 81.2 Å². The van der Waals surface area contributed by atoms with Crippen LogP contribution in [-0.2, 0) is 19.2 Å². The zero-order chi connectivity index (χ0) is 84.0. The Bertz CT molecular complexity index is 4310. The zero-order valence-electron chi connectivity index (χ0n) is 69.7. The van der Waals surface area contributed by atoms with Gasteiger partial charge in [0.15, 0.2) is 0 Å². The number of ether oxygens (including phenoxy) is 3. The first-order valence-electron chi connectivity index (χ1n) is 43.7. The van der Waals surface area contributed by atoms with Crippen LogP contribution in [0, 0.1) is 162 Å². The smallest absolute Gasteiger partial charge is 0.314 e. The average molecular weight is 1720 g/mol. The summed E-state index contributed by atoms with van der Waals surface area (Å²) in [5.74, 6) is 10.9. The van der Waals surface area contributed by atoms with Gasteiger partial charge in [0.2, 0.25) is 5.24 Å². The predicted molar refractivity (Wildman–Crippen MR) is 471 cm³/mol. The lowest BCUT2D eigenvalue weighted by Gasteiger charge is -2.37. The monoisotopic (exact) mass is 1720 g/mol. The molecule has 3 aliphatic heterocycles. The Labute approximate surface area is 727 Å². The quantitative estimate of drug-likeness (QED) is 0.0320. The first kappa shape index (κ1) is 93.0. The molecule has 3 heterocycles. The van der Waals surface area contributed by atoms with Crippen molar-refractivity contribution < 1.29 is 48.7 Å². The lowest BCUT2D eigenvalue weighted by atomic mass is 9.69. The lowest BCUT2D eigenvalue weighted by molar-refractivity contribution is -0.142. The standard InChI is InChI=1S/C41H54N2O4S2.C25H28N2O3S2.C15H25ClO.C11H6N2O2S2.C2H6/c1-5-26-7-11-28(12-8-26)30-15-19-32(20-16-30)39(44)46-35-23-25(3)36(38-37(35)48-41(49-38)34(24-42)43-4)47-40(45)33-21-17-31(18-22-33)29-13-9-27(6-2)10-14-29;1-3-15-4-6-16(7-5-15)17-8-10-18(11-9-17)24(29)30-21-13-12-20(28)22-23(21)32-25(31-22)19(14-26)27-2;1-2-11-3-5-12(6-4-11)13-7-9-14(10-8-13)15(16)17;1-5-3-7(14)9-10(8(5)15)17-11(16-9)6(4-12)13-2;1-2/h23,26-33H,5-22H2,1-3H3;12-13,15-18,28H,3-11H2,1H3;11-14H,2-10H2,1H3;3,14-15H,1H3;1-2H3/b41-34-;25-19+;;11-6-;. The number of benzene rings is 3. The molecule has 628 valence electrons. The number of nitriles is 3. The molecule has 0 unspecified atom stereocenters. The minimum absolute atomic E-state index is 0.00371. The van der Waals surface area contributed by atoms with E-state index in [2.05, 4.69) is 42.2 Å². The second kappa shape index (κ2) is 45.5. The maximum Gasteiger partial charge on any atom is 0.314 e. The molecule has 16 nitrogen and oxygen atoms in total. The Balaban J connectivity index is 0.000000180. The van der Waals surface area contributed by atoms with Crippen molar-refractivity contribution in [2.75, 3.05) is 0 Å². The van der Waals surface area contributed by atoms with E-state index in [0.29, 0.717) is 64.9 Å². The third-order valence-corrected chi connectivity index (χ3v) is 35.9. The van der Waals surface area contributed by atoms with Gasteiger partial charge in [-0.25, -0.2) is 30.3 Å². The number of hydrogen-bond donors (Lipinski definition) is 3. The van der Waals surface area contributed by atoms with Gasteiger partial charge >= 0.3 is 17.9 Å². The van der Waals surface area contributed by atoms with E-state index < -0.39 is 0 Å². The van der Waals surface area contributed by atoms with Gasteiger partial charge in [0.1, 0.15) is 34.5 Å². The van der Waals surface area contributed by atoms with Gasteiger partial charge in [0, 0.05) is 5.92 Å². The molecule has 14 rings (SSSR count). The molecule has 8 fully saturated rings. The average Bonchev–Trinajstić information content (AvgIpc) is 1.65. The molecule has 3 N–H and O–H groups in total. The number of carbonyl (C=O) groups is 4. The van der Waals surface area contributed by atoms with E-state index in [1.54, 1.807) is 25.1 Å². The maximum absolute atomic E-state index is 13.6. The molecule has 8 saturated carbocycles. The van der Waals surface area contributed by atoms with Gasteiger partial charge in [-0.3, -0.25) is 19.2 Å². The fraction of sp³-hybridized carbons (Fsp3) is 0.638. The van der Waals surface area contributed by atoms with Crippen molar-refractivity contribution in [1.29, 1.82) is 15.8 Å². The third-order valence-electron chi connectivity index (χ3n) is 27.8. The van der Waals surface area contributed by atoms with Crippen molar-refractivity contribution in [3.05, 3.63) is 99.4 Å². The summed E-state index contributed by atoms with van der Waals surface area (Å²) in [5, 5.41) is 57.3. The molecule has 0 radical (unpaired) electrons. The van der Waals surface area contributed by atoms with E-state index in [1.165, 1.54) is 200 Å². The number of thioether (sulfide) groups is 6. The van der Waals surface area contributed by atoms with Crippen molar-refractivity contribution in [2.24, 2.45) is 94.7 Å². The highest BCUT2D eigenvalue weighted by Gasteiger charge is 2.41. The first-order chi connectivity index (χ1) is 56.6. The Morgan fingerprint density at radius 3 is 0.991 bits per heavy atom. The van der Waals surface area contributed by atoms with Crippen LogP contribution in [0.15, 0.2) is 83.4 Å². The first-order valence-corrected chi connectivity index (χ1v) is 49.0. The fourth-order valence-electron chi connectivity index (χ4n) is 20.3. The minimum atomic E-state index is -0.209. The molecular weight excluding hydrogens is 1600 g/mol. The lowest BCUT2D eigenvalue weighted by Crippen LogP contribution is -2.30. The van der Waals surface area contributed by atoms with Crippen molar-refractivity contribution in [1.82, 2.24) is 0 Å². The fourth-order valence-corrected chi connectivity index (χ4v) is 27.9. The second-order valence-electron chi connectivity index (χ2n) is 34.1. The number of fused-ring (bicyclic) bond motifs is 3. The number of phenolic OH excluding ortho intramolecular Hbond substituents is 3. The van der Waals surface area contributed by atoms with Crippen LogP contribution in [0.3, 0.4) is 0 Å². The molecule has 0 spiro atoms. The molecule has 3 aromatic carbocycles. The van der Waals surface area contributed by atoms with Gasteiger partial charge < -0.3 is 29.5 Å². The highest BCUT2D eigenvalue weighted by atomic mass is 35.5. The van der Waals surface area contributed by atoms with Gasteiger partial charge in [0.05, 0.1) is 97.8 Å². The van der Waals surface area contributed by atoms with E-state index >= 15 is 0 Å². The summed E-state index contributed by atoms with van der Waals surface area (Å²) in [4.78, 5) is 64.6. The summed E-state index contributed by atoms with van der Waals surface area (Å²) in [5.41, 5.74) is 1.25. The molecule has 0 aromatic heterocycles. The molecular formula is C94H119ClN6O10S6. The van der Waals surface area contributed by atoms with E-state index in [1.807, 2.05) is 32.9 Å². The number of carbonyl (C=O) groups excluding carboxylic acids is 4. The molecule has 23 heteroatoms. The van der Waals surface area contributed by atoms with Gasteiger partial charge in [0.25, 0.3) is 17.1 Å². The van der Waals surface area contributed by atoms with Gasteiger partial charge in [-0.2, -0.15) is 0 Å². The maximum atomic E-state index is 13.6. The number of hydrogen-bond acceptors (Lipinski definition) is 19. The van der Waals surface area contributed by atoms with Crippen molar-refractivity contribution in [3.63, 3.8) is 0 Å². The number of rotatable bonds is 15. The molecule has 0 bridgehead atoms. The number of nitrogens with zero attached hydrogens (tertiary/aromatic N) is 6. The minimum Gasteiger partial charge on any atom is -0.507 e. The third kappa shape index (κ3) is 23.9. The van der Waals surface area contributed by atoms with Crippen molar-refractivity contribution in [2.45, 2.75) is 316 Å². The van der Waals surface area contributed by atoms with Crippen LogP contribution in [0.1, 0.15) is 284 Å². The number of halogens is 1. The van der Waals surface area contributed by atoms with E-state index in [4.69, 9.17) is 56.1 Å². The van der Waals surface area contributed by atoms with Crippen LogP contribution in [0.4, 0.5) is 0 Å². The normalized spacial score (nSPS) is 29.6. The van der Waals surface area contributed by atoms with Crippen LogP contribution in [0.5, 0.6) is 34.5 Å². The van der Waals surface area contributed by atoms with Crippen molar-refractivity contribution >= 4 is 105 Å². The zero-order valence-corrected chi connectivity index (χ0v) is 75.4. The van der Waals surface area contributed by atoms with E-state index in [0.717, 1.165) is 190 Å². The highest BCUT2D eigenvalue weighted by molar-refractivity contribution is 8.25. The number of aromatic hydroxyl groups is 3. The van der Waals surface area contributed by atoms with Crippen LogP contribution in [0.25, 0.3) is 14.5 Å². The van der Waals surface area contributed by atoms with E-state index in [9.17, 15) is 39.8 Å². The van der Waals surface area contributed by atoms with Crippen LogP contribution in [-0.4, -0.2) is 38.5 Å². The Hall–Kier alpha value is -6.31.